The molecule has 8 rings (SSSR count). The van der Waals surface area contributed by atoms with E-state index < -0.39 is 6.85 Å². The van der Waals surface area contributed by atoms with Crippen molar-refractivity contribution in [3.8, 4) is 22.5 Å². The molecule has 0 unspecified atom stereocenters. The van der Waals surface area contributed by atoms with Crippen LogP contribution in [0.25, 0.3) is 22.5 Å². The average Bonchev–Trinajstić information content (AvgIpc) is 3.05. The Bertz CT molecular complexity index is 1920. The monoisotopic (exact) mass is 838 g/mol. The van der Waals surface area contributed by atoms with Crippen LogP contribution in [0.1, 0.15) is 9.68 Å². The Kier molecular flexibility index (Phi) is 7.44. The SMILES string of the molecule is [2H]C([2H])([2H])c1ccc(-c2[c-]cccc2)nc1.[Ir].[c-]1ccc2c(c1-c1ccccn1)[Se]c1cccc3c1B2c1ccccc1[Se]3. The second-order valence-corrected chi connectivity index (χ2v) is 13.9. The summed E-state index contributed by atoms with van der Waals surface area (Å²) in [7, 11) is 0. The molecule has 0 aliphatic carbocycles. The molecule has 2 aliphatic heterocycles. The molecule has 2 nitrogen and oxygen atoms in total. The summed E-state index contributed by atoms with van der Waals surface area (Å²) < 4.78 is 27.8. The van der Waals surface area contributed by atoms with E-state index >= 15 is 0 Å². The van der Waals surface area contributed by atoms with Gasteiger partial charge >= 0.3 is 172 Å². The third-order valence-electron chi connectivity index (χ3n) is 6.94. The number of nitrogens with zero attached hydrogens (tertiary/aromatic N) is 2. The topological polar surface area (TPSA) is 25.8 Å². The van der Waals surface area contributed by atoms with Gasteiger partial charge in [-0.15, -0.1) is 35.9 Å². The fraction of sp³-hybridized carbons (Fsp3) is 0.0286. The normalized spacial score (nSPS) is 13.5. The molecule has 0 bridgehead atoms. The second-order valence-electron chi connectivity index (χ2n) is 9.40. The summed E-state index contributed by atoms with van der Waals surface area (Å²) in [6.45, 7) is -1.74. The zero-order valence-corrected chi connectivity index (χ0v) is 27.5. The van der Waals surface area contributed by atoms with Crippen LogP contribution in [-0.2, 0) is 20.1 Å². The summed E-state index contributed by atoms with van der Waals surface area (Å²) in [5, 5.41) is 0. The fourth-order valence-corrected chi connectivity index (χ4v) is 10.6. The van der Waals surface area contributed by atoms with Crippen molar-refractivity contribution in [3.05, 3.63) is 139 Å². The first-order valence-corrected chi connectivity index (χ1v) is 16.4. The molecule has 6 heteroatoms. The number of aryl methyl sites for hydroxylation is 1. The summed E-state index contributed by atoms with van der Waals surface area (Å²) in [5.41, 5.74) is 8.59. The van der Waals surface area contributed by atoms with Crippen LogP contribution >= 0.6 is 0 Å². The van der Waals surface area contributed by atoms with Crippen molar-refractivity contribution in [2.24, 2.45) is 0 Å². The minimum atomic E-state index is -2.09. The van der Waals surface area contributed by atoms with Crippen LogP contribution in [0.2, 0.25) is 0 Å². The molecule has 2 aromatic heterocycles. The fourth-order valence-electron chi connectivity index (χ4n) is 5.15. The standard InChI is InChI=1S/C23H13BNSe2.C12H10N.Ir/c1-2-11-19-16(8-1)24-17-9-5-7-15(18-10-3-4-14-25-18)23(17)27-21-13-6-12-20(26-19)22(21)24;1-10-7-8-12(13-9-10)11-5-3-2-4-6-11;/h1-6,8-14H;2-5,7-9H,1H3;/q2*-1;/i;1D3;. The van der Waals surface area contributed by atoms with Crippen LogP contribution in [0.15, 0.2) is 122 Å². The minimum absolute atomic E-state index is 0. The van der Waals surface area contributed by atoms with Crippen LogP contribution in [0, 0.1) is 19.0 Å². The van der Waals surface area contributed by atoms with E-state index in [0.717, 1.165) is 17.0 Å². The van der Waals surface area contributed by atoms with Gasteiger partial charge in [-0.3, -0.25) is 0 Å². The first-order valence-electron chi connectivity index (χ1n) is 14.4. The van der Waals surface area contributed by atoms with Gasteiger partial charge in [0.15, 0.2) is 0 Å². The second kappa shape index (κ2) is 12.4. The molecule has 4 heterocycles. The van der Waals surface area contributed by atoms with Crippen LogP contribution in [-0.4, -0.2) is 46.6 Å². The number of benzene rings is 4. The van der Waals surface area contributed by atoms with Crippen molar-refractivity contribution in [1.29, 1.82) is 0 Å². The van der Waals surface area contributed by atoms with Crippen molar-refractivity contribution in [3.63, 3.8) is 0 Å². The molecule has 6 aromatic rings. The number of aromatic nitrogens is 2. The van der Waals surface area contributed by atoms with Gasteiger partial charge in [-0.25, -0.2) is 0 Å². The van der Waals surface area contributed by atoms with Crippen molar-refractivity contribution in [1.82, 2.24) is 9.97 Å². The molecule has 0 atom stereocenters. The van der Waals surface area contributed by atoms with Gasteiger partial charge in [-0.1, -0.05) is 12.1 Å². The predicted molar refractivity (Wildman–Crippen MR) is 169 cm³/mol. The molecule has 0 amide bonds. The third-order valence-corrected chi connectivity index (χ3v) is 11.9. The van der Waals surface area contributed by atoms with Gasteiger partial charge in [-0.05, 0) is 18.1 Å². The number of pyridine rings is 2. The summed E-state index contributed by atoms with van der Waals surface area (Å²) in [6, 6.07) is 43.8. The van der Waals surface area contributed by atoms with E-state index in [1.54, 1.807) is 28.1 Å². The van der Waals surface area contributed by atoms with Gasteiger partial charge in [0.05, 0.1) is 0 Å². The maximum absolute atomic E-state index is 7.23. The molecule has 0 N–H and O–H groups in total. The quantitative estimate of drug-likeness (QED) is 0.197. The zero-order chi connectivity index (χ0) is 29.4. The zero-order valence-electron chi connectivity index (χ0n) is 24.7. The van der Waals surface area contributed by atoms with Crippen molar-refractivity contribution in [2.75, 3.05) is 0 Å². The Hall–Kier alpha value is -3.07. The van der Waals surface area contributed by atoms with E-state index in [0.29, 0.717) is 21.7 Å². The molecule has 2 aliphatic rings. The Morgan fingerprint density at radius 2 is 1.51 bits per heavy atom. The number of hydrogen-bond acceptors (Lipinski definition) is 2. The van der Waals surface area contributed by atoms with Crippen molar-refractivity contribution >= 4 is 70.9 Å². The van der Waals surface area contributed by atoms with Gasteiger partial charge < -0.3 is 4.98 Å². The van der Waals surface area contributed by atoms with Gasteiger partial charge in [-0.2, -0.15) is 0 Å². The number of rotatable bonds is 2. The Morgan fingerprint density at radius 3 is 2.29 bits per heavy atom. The third kappa shape index (κ3) is 5.57. The molecular weight excluding hydrogens is 809 g/mol. The average molecular weight is 836 g/mol. The summed E-state index contributed by atoms with van der Waals surface area (Å²) >= 11 is 0.681. The van der Waals surface area contributed by atoms with Gasteiger partial charge in [0.1, 0.15) is 0 Å². The summed E-state index contributed by atoms with van der Waals surface area (Å²) in [4.78, 5) is 8.75. The van der Waals surface area contributed by atoms with E-state index in [4.69, 9.17) is 4.11 Å². The molecule has 41 heavy (non-hydrogen) atoms. The van der Waals surface area contributed by atoms with E-state index in [9.17, 15) is 0 Å². The Morgan fingerprint density at radius 1 is 0.683 bits per heavy atom. The molecule has 199 valence electrons. The molecule has 0 spiro atoms. The molecular formula is C35H23BIrN2Se2-2. The van der Waals surface area contributed by atoms with Crippen LogP contribution in [0.5, 0.6) is 0 Å². The van der Waals surface area contributed by atoms with Gasteiger partial charge in [0, 0.05) is 30.4 Å². The molecule has 1 radical (unpaired) electrons. The number of hydrogen-bond donors (Lipinski definition) is 0. The first kappa shape index (κ1) is 24.5. The van der Waals surface area contributed by atoms with E-state index in [1.807, 2.05) is 30.5 Å². The summed E-state index contributed by atoms with van der Waals surface area (Å²) in [5.74, 6) is 0. The van der Waals surface area contributed by atoms with Gasteiger partial charge in [0.25, 0.3) is 0 Å². The molecule has 0 saturated heterocycles. The Labute approximate surface area is 272 Å². The van der Waals surface area contributed by atoms with Crippen LogP contribution in [0.4, 0.5) is 0 Å². The van der Waals surface area contributed by atoms with E-state index in [-0.39, 0.29) is 40.6 Å². The van der Waals surface area contributed by atoms with E-state index in [2.05, 4.69) is 88.8 Å². The van der Waals surface area contributed by atoms with Crippen LogP contribution in [0.3, 0.4) is 0 Å². The van der Waals surface area contributed by atoms with Crippen molar-refractivity contribution < 1.29 is 24.2 Å². The Balaban J connectivity index is 0.000000174. The molecule has 4 aromatic carbocycles. The van der Waals surface area contributed by atoms with Crippen LogP contribution < -0.4 is 34.2 Å². The number of fused-ring (bicyclic) bond motifs is 4. The van der Waals surface area contributed by atoms with E-state index in [1.165, 1.54) is 36.1 Å². The molecule has 0 fully saturated rings. The first-order chi connectivity index (χ1) is 21.0. The molecule has 0 saturated carbocycles. The predicted octanol–water partition coefficient (Wildman–Crippen LogP) is 1.86. The van der Waals surface area contributed by atoms with Gasteiger partial charge in [0.2, 0.25) is 0 Å². The summed E-state index contributed by atoms with van der Waals surface area (Å²) in [6.07, 6.45) is 3.27. The van der Waals surface area contributed by atoms with Crippen molar-refractivity contribution in [2.45, 2.75) is 6.85 Å². The maximum atomic E-state index is 7.23.